The number of nitrogens with zero attached hydrogens (tertiary/aromatic N) is 2. The van der Waals surface area contributed by atoms with Crippen LogP contribution in [-0.2, 0) is 36.7 Å². The van der Waals surface area contributed by atoms with E-state index in [0.29, 0.717) is 38.0 Å². The highest BCUT2D eigenvalue weighted by molar-refractivity contribution is 5.91. The van der Waals surface area contributed by atoms with E-state index >= 15 is 0 Å². The number of carbonyl (C=O) groups is 2. The molecule has 1 unspecified atom stereocenters. The zero-order valence-electron chi connectivity index (χ0n) is 27.2. The molecule has 0 bridgehead atoms. The highest BCUT2D eigenvalue weighted by Gasteiger charge is 2.42. The summed E-state index contributed by atoms with van der Waals surface area (Å²) in [5, 5.41) is 2.98. The Balaban J connectivity index is 1.00. The zero-order valence-corrected chi connectivity index (χ0v) is 27.2. The summed E-state index contributed by atoms with van der Waals surface area (Å²) >= 11 is 0. The largest absolute Gasteiger partial charge is 0.446 e. The van der Waals surface area contributed by atoms with Crippen LogP contribution in [0.4, 0.5) is 10.5 Å². The number of benzene rings is 3. The molecule has 46 heavy (non-hydrogen) atoms. The minimum absolute atomic E-state index is 0.00207. The molecule has 1 saturated heterocycles. The summed E-state index contributed by atoms with van der Waals surface area (Å²) < 4.78 is 22.0. The number of likely N-dealkylation sites (tertiary alicyclic amines) is 1. The van der Waals surface area contributed by atoms with E-state index in [0.717, 1.165) is 55.7 Å². The number of rotatable bonds is 15. The van der Waals surface area contributed by atoms with Crippen LogP contribution in [0.5, 0.6) is 0 Å². The van der Waals surface area contributed by atoms with Gasteiger partial charge in [0.15, 0.2) is 6.29 Å². The number of carbonyl (C=O) groups excluding carboxylic acids is 2. The van der Waals surface area contributed by atoms with Crippen molar-refractivity contribution < 1.29 is 28.5 Å². The van der Waals surface area contributed by atoms with Crippen LogP contribution in [0.3, 0.4) is 0 Å². The second-order valence-electron chi connectivity index (χ2n) is 12.4. The molecule has 1 aliphatic heterocycles. The van der Waals surface area contributed by atoms with Gasteiger partial charge in [0.2, 0.25) is 5.91 Å². The molecule has 0 spiro atoms. The van der Waals surface area contributed by atoms with E-state index in [4.69, 9.17) is 18.9 Å². The summed E-state index contributed by atoms with van der Waals surface area (Å²) in [6, 6.07) is 26.6. The van der Waals surface area contributed by atoms with E-state index in [2.05, 4.69) is 34.5 Å². The lowest BCUT2D eigenvalue weighted by atomic mass is 10.0. The van der Waals surface area contributed by atoms with E-state index in [1.54, 1.807) is 26.2 Å². The molecular weight excluding hydrogens is 582 g/mol. The highest BCUT2D eigenvalue weighted by Crippen LogP contribution is 2.40. The van der Waals surface area contributed by atoms with E-state index in [9.17, 15) is 9.59 Å². The van der Waals surface area contributed by atoms with E-state index in [-0.39, 0.29) is 18.1 Å². The fraction of sp³-hybridized carbons (Fsp3) is 0.459. The van der Waals surface area contributed by atoms with Crippen molar-refractivity contribution in [1.82, 2.24) is 9.80 Å². The Hall–Kier alpha value is -3.76. The molecular formula is C37H47N3O6. The molecule has 9 heteroatoms. The summed E-state index contributed by atoms with van der Waals surface area (Å²) in [5.74, 6) is 1.09. The number of amides is 2. The molecule has 3 aromatic carbocycles. The second-order valence-corrected chi connectivity index (χ2v) is 12.4. The summed E-state index contributed by atoms with van der Waals surface area (Å²) in [6.07, 6.45) is 2.08. The maximum Gasteiger partial charge on any atom is 0.411 e. The minimum atomic E-state index is -0.429. The summed E-state index contributed by atoms with van der Waals surface area (Å²) in [6.45, 7) is 4.29. The van der Waals surface area contributed by atoms with Gasteiger partial charge in [0.1, 0.15) is 6.10 Å². The van der Waals surface area contributed by atoms with Crippen LogP contribution in [0.1, 0.15) is 30.4 Å². The van der Waals surface area contributed by atoms with Crippen LogP contribution in [0.25, 0.3) is 11.1 Å². The number of methoxy groups -OCH3 is 2. The lowest BCUT2D eigenvalue weighted by Crippen LogP contribution is -2.36. The van der Waals surface area contributed by atoms with Crippen molar-refractivity contribution in [3.8, 4) is 11.1 Å². The van der Waals surface area contributed by atoms with Gasteiger partial charge in [0.25, 0.3) is 0 Å². The number of fused-ring (bicyclic) bond motifs is 1. The van der Waals surface area contributed by atoms with Crippen molar-refractivity contribution in [2.24, 2.45) is 11.8 Å². The maximum absolute atomic E-state index is 12.9. The number of hydrogen-bond donors (Lipinski definition) is 1. The van der Waals surface area contributed by atoms with Gasteiger partial charge in [-0.2, -0.15) is 0 Å². The van der Waals surface area contributed by atoms with Crippen LogP contribution in [0.2, 0.25) is 0 Å². The molecule has 3 atom stereocenters. The number of para-hydroxylation sites is 1. The number of nitrogens with one attached hydrogen (secondary N) is 1. The van der Waals surface area contributed by atoms with Crippen LogP contribution in [0, 0.1) is 11.8 Å². The average Bonchev–Trinajstić information content (AvgIpc) is 3.61. The second kappa shape index (κ2) is 16.7. The Kier molecular flexibility index (Phi) is 12.2. The lowest BCUT2D eigenvalue weighted by molar-refractivity contribution is -0.143. The maximum atomic E-state index is 12.9. The van der Waals surface area contributed by atoms with Gasteiger partial charge in [-0.05, 0) is 53.9 Å². The molecule has 3 aromatic rings. The SMILES string of the molecule is COC(CN(C)C(=O)CCOCCc1cccc(CN2C[C@H]3CC(OC(=O)Nc4ccccc4-c4ccccc4)C[C@H]3C2)c1)OC. The smallest absolute Gasteiger partial charge is 0.411 e. The van der Waals surface area contributed by atoms with Gasteiger partial charge in [0.05, 0.1) is 31.9 Å². The van der Waals surface area contributed by atoms with Crippen molar-refractivity contribution in [1.29, 1.82) is 0 Å². The van der Waals surface area contributed by atoms with E-state index < -0.39 is 6.29 Å². The molecule has 1 N–H and O–H groups in total. The van der Waals surface area contributed by atoms with Crippen molar-refractivity contribution in [2.45, 2.75) is 44.6 Å². The van der Waals surface area contributed by atoms with Gasteiger partial charge < -0.3 is 23.8 Å². The Morgan fingerprint density at radius 1 is 0.891 bits per heavy atom. The number of ether oxygens (including phenoxy) is 4. The van der Waals surface area contributed by atoms with Crippen molar-refractivity contribution in [3.63, 3.8) is 0 Å². The quantitative estimate of drug-likeness (QED) is 0.167. The molecule has 5 rings (SSSR count). The Labute approximate surface area is 272 Å². The van der Waals surface area contributed by atoms with Gasteiger partial charge in [0, 0.05) is 46.5 Å². The predicted molar refractivity (Wildman–Crippen MR) is 178 cm³/mol. The number of hydrogen-bond acceptors (Lipinski definition) is 7. The third kappa shape index (κ3) is 9.39. The first-order chi connectivity index (χ1) is 22.4. The first kappa shape index (κ1) is 33.6. The van der Waals surface area contributed by atoms with Crippen molar-refractivity contribution in [2.75, 3.05) is 59.4 Å². The predicted octanol–water partition coefficient (Wildman–Crippen LogP) is 5.84. The highest BCUT2D eigenvalue weighted by atomic mass is 16.7. The molecule has 1 heterocycles. The normalized spacial score (nSPS) is 19.3. The van der Waals surface area contributed by atoms with Gasteiger partial charge in [-0.15, -0.1) is 0 Å². The van der Waals surface area contributed by atoms with Crippen LogP contribution < -0.4 is 5.32 Å². The topological polar surface area (TPSA) is 89.6 Å². The fourth-order valence-corrected chi connectivity index (χ4v) is 6.67. The minimum Gasteiger partial charge on any atom is -0.446 e. The molecule has 2 aliphatic rings. The van der Waals surface area contributed by atoms with Crippen LogP contribution in [-0.4, -0.2) is 88.3 Å². The fourth-order valence-electron chi connectivity index (χ4n) is 6.67. The van der Waals surface area contributed by atoms with Gasteiger partial charge in [-0.25, -0.2) is 4.79 Å². The first-order valence-corrected chi connectivity index (χ1v) is 16.2. The molecule has 0 radical (unpaired) electrons. The summed E-state index contributed by atoms with van der Waals surface area (Å²) in [7, 11) is 4.86. The zero-order chi connectivity index (χ0) is 32.3. The Morgan fingerprint density at radius 2 is 1.59 bits per heavy atom. The van der Waals surface area contributed by atoms with Gasteiger partial charge in [-0.1, -0.05) is 72.8 Å². The Bertz CT molecular complexity index is 1400. The lowest BCUT2D eigenvalue weighted by Gasteiger charge is -2.22. The standard InChI is InChI=1S/C37H47N3O6/c1-39(26-36(43-2)44-3)35(41)17-19-45-18-16-27-10-9-11-28(20-27)23-40-24-30-21-32(22-31(30)25-40)46-37(42)38-34-15-8-7-14-33(34)29-12-5-4-6-13-29/h4-15,20,30-32,36H,16-19,21-26H2,1-3H3,(H,38,42)/t30-,31+,32?. The average molecular weight is 630 g/mol. The molecule has 2 fully saturated rings. The number of anilines is 1. The van der Waals surface area contributed by atoms with Crippen molar-refractivity contribution in [3.05, 3.63) is 90.0 Å². The van der Waals surface area contributed by atoms with Crippen molar-refractivity contribution >= 4 is 17.7 Å². The van der Waals surface area contributed by atoms with Gasteiger partial charge >= 0.3 is 6.09 Å². The monoisotopic (exact) mass is 629 g/mol. The Morgan fingerprint density at radius 3 is 2.33 bits per heavy atom. The molecule has 1 saturated carbocycles. The van der Waals surface area contributed by atoms with Gasteiger partial charge in [-0.3, -0.25) is 15.0 Å². The summed E-state index contributed by atoms with van der Waals surface area (Å²) in [4.78, 5) is 29.3. The third-order valence-corrected chi connectivity index (χ3v) is 9.07. The molecule has 1 aliphatic carbocycles. The molecule has 0 aromatic heterocycles. The molecule has 246 valence electrons. The molecule has 9 nitrogen and oxygen atoms in total. The van der Waals surface area contributed by atoms with E-state index in [1.165, 1.54) is 11.1 Å². The molecule has 2 amide bonds. The van der Waals surface area contributed by atoms with Crippen LogP contribution in [0.15, 0.2) is 78.9 Å². The van der Waals surface area contributed by atoms with E-state index in [1.807, 2.05) is 54.6 Å². The number of likely N-dealkylation sites (N-methyl/N-ethyl adjacent to an activating group) is 1. The third-order valence-electron chi connectivity index (χ3n) is 9.07. The van der Waals surface area contributed by atoms with Crippen LogP contribution >= 0.6 is 0 Å². The first-order valence-electron chi connectivity index (χ1n) is 16.2. The summed E-state index contributed by atoms with van der Waals surface area (Å²) in [5.41, 5.74) is 5.32.